The predicted octanol–water partition coefficient (Wildman–Crippen LogP) is 2.92. The molecule has 1 saturated carbocycles. The maximum Gasteiger partial charge on any atom is 0.238 e. The third kappa shape index (κ3) is 4.16. The Morgan fingerprint density at radius 3 is 2.43 bits per heavy atom. The second-order valence-electron chi connectivity index (χ2n) is 5.02. The van der Waals surface area contributed by atoms with Crippen molar-refractivity contribution < 1.29 is 9.47 Å². The van der Waals surface area contributed by atoms with Gasteiger partial charge >= 0.3 is 0 Å². The Balaban J connectivity index is 1.56. The van der Waals surface area contributed by atoms with Crippen molar-refractivity contribution in [3.05, 3.63) is 42.1 Å². The van der Waals surface area contributed by atoms with Crippen molar-refractivity contribution in [1.82, 2.24) is 15.5 Å². The molecular formula is C16H19N3O2. The van der Waals surface area contributed by atoms with E-state index in [4.69, 9.17) is 9.47 Å². The maximum atomic E-state index is 5.65. The van der Waals surface area contributed by atoms with E-state index in [1.807, 2.05) is 43.3 Å². The fourth-order valence-corrected chi connectivity index (χ4v) is 1.92. The molecule has 1 fully saturated rings. The lowest BCUT2D eigenvalue weighted by Crippen LogP contribution is -2.16. The molecule has 3 rings (SSSR count). The summed E-state index contributed by atoms with van der Waals surface area (Å²) in [4.78, 5) is 0. The van der Waals surface area contributed by atoms with Gasteiger partial charge in [0.1, 0.15) is 11.5 Å². The lowest BCUT2D eigenvalue weighted by atomic mass is 10.3. The van der Waals surface area contributed by atoms with E-state index in [0.29, 0.717) is 18.5 Å². The van der Waals surface area contributed by atoms with Crippen LogP contribution in [0.15, 0.2) is 36.4 Å². The first kappa shape index (κ1) is 13.8. The first-order valence-electron chi connectivity index (χ1n) is 7.30. The molecule has 1 heterocycles. The lowest BCUT2D eigenvalue weighted by molar-refractivity contribution is 0.339. The molecule has 1 aliphatic rings. The van der Waals surface area contributed by atoms with Gasteiger partial charge in [-0.05, 0) is 50.1 Å². The molecule has 0 radical (unpaired) electrons. The first-order valence-corrected chi connectivity index (χ1v) is 7.30. The first-order chi connectivity index (χ1) is 10.3. The normalized spacial score (nSPS) is 14.0. The molecule has 0 spiro atoms. The zero-order chi connectivity index (χ0) is 14.5. The van der Waals surface area contributed by atoms with Gasteiger partial charge in [0.15, 0.2) is 0 Å². The second-order valence-corrected chi connectivity index (χ2v) is 5.02. The van der Waals surface area contributed by atoms with Gasteiger partial charge in [-0.25, -0.2) is 0 Å². The molecule has 5 heteroatoms. The van der Waals surface area contributed by atoms with Crippen molar-refractivity contribution in [2.45, 2.75) is 32.4 Å². The summed E-state index contributed by atoms with van der Waals surface area (Å²) < 4.78 is 11.0. The van der Waals surface area contributed by atoms with Crippen LogP contribution in [0.1, 0.15) is 25.5 Å². The minimum atomic E-state index is 0.495. The number of benzene rings is 1. The average Bonchev–Trinajstić information content (AvgIpc) is 3.33. The number of hydrogen-bond acceptors (Lipinski definition) is 5. The monoisotopic (exact) mass is 285 g/mol. The Kier molecular flexibility index (Phi) is 4.31. The van der Waals surface area contributed by atoms with Crippen molar-refractivity contribution in [3.8, 4) is 17.4 Å². The standard InChI is InChI=1S/C16H19N3O2/c1-2-20-14-6-8-15(9-7-14)21-16-10-5-13(18-19-16)11-17-12-3-4-12/h5-10,12,17H,2-4,11H2,1H3. The van der Waals surface area contributed by atoms with E-state index in [2.05, 4.69) is 15.5 Å². The average molecular weight is 285 g/mol. The molecule has 0 bridgehead atoms. The third-order valence-electron chi connectivity index (χ3n) is 3.20. The highest BCUT2D eigenvalue weighted by molar-refractivity contribution is 5.33. The van der Waals surface area contributed by atoms with E-state index < -0.39 is 0 Å². The zero-order valence-electron chi connectivity index (χ0n) is 12.1. The number of nitrogens with zero attached hydrogens (tertiary/aromatic N) is 2. The van der Waals surface area contributed by atoms with Crippen LogP contribution in [-0.4, -0.2) is 22.8 Å². The minimum Gasteiger partial charge on any atom is -0.494 e. The van der Waals surface area contributed by atoms with Crippen LogP contribution in [0.25, 0.3) is 0 Å². The summed E-state index contributed by atoms with van der Waals surface area (Å²) in [5.41, 5.74) is 0.931. The Morgan fingerprint density at radius 1 is 1.05 bits per heavy atom. The Labute approximate surface area is 124 Å². The van der Waals surface area contributed by atoms with Crippen molar-refractivity contribution in [2.24, 2.45) is 0 Å². The van der Waals surface area contributed by atoms with Gasteiger partial charge in [0.2, 0.25) is 5.88 Å². The summed E-state index contributed by atoms with van der Waals surface area (Å²) in [6.07, 6.45) is 2.54. The van der Waals surface area contributed by atoms with Gasteiger partial charge < -0.3 is 14.8 Å². The molecule has 1 N–H and O–H groups in total. The Bertz CT molecular complexity index is 565. The molecule has 1 aromatic carbocycles. The maximum absolute atomic E-state index is 5.65. The molecule has 0 saturated heterocycles. The van der Waals surface area contributed by atoms with Gasteiger partial charge in [0.25, 0.3) is 0 Å². The zero-order valence-corrected chi connectivity index (χ0v) is 12.1. The highest BCUT2D eigenvalue weighted by atomic mass is 16.5. The van der Waals surface area contributed by atoms with Crippen LogP contribution in [0.2, 0.25) is 0 Å². The molecule has 0 atom stereocenters. The third-order valence-corrected chi connectivity index (χ3v) is 3.20. The van der Waals surface area contributed by atoms with Crippen LogP contribution in [0, 0.1) is 0 Å². The highest BCUT2D eigenvalue weighted by Gasteiger charge is 2.20. The van der Waals surface area contributed by atoms with Crippen LogP contribution in [0.4, 0.5) is 0 Å². The number of hydrogen-bond donors (Lipinski definition) is 1. The largest absolute Gasteiger partial charge is 0.494 e. The van der Waals surface area contributed by atoms with E-state index in [9.17, 15) is 0 Å². The summed E-state index contributed by atoms with van der Waals surface area (Å²) >= 11 is 0. The Hall–Kier alpha value is -2.14. The summed E-state index contributed by atoms with van der Waals surface area (Å²) in [5.74, 6) is 2.04. The predicted molar refractivity (Wildman–Crippen MR) is 79.6 cm³/mol. The lowest BCUT2D eigenvalue weighted by Gasteiger charge is -2.07. The number of nitrogens with one attached hydrogen (secondary N) is 1. The smallest absolute Gasteiger partial charge is 0.238 e. The second kappa shape index (κ2) is 6.54. The fourth-order valence-electron chi connectivity index (χ4n) is 1.92. The van der Waals surface area contributed by atoms with E-state index in [0.717, 1.165) is 23.7 Å². The Morgan fingerprint density at radius 2 is 1.81 bits per heavy atom. The van der Waals surface area contributed by atoms with Crippen LogP contribution < -0.4 is 14.8 Å². The van der Waals surface area contributed by atoms with E-state index in [-0.39, 0.29) is 0 Å². The van der Waals surface area contributed by atoms with Crippen LogP contribution >= 0.6 is 0 Å². The molecule has 110 valence electrons. The minimum absolute atomic E-state index is 0.495. The van der Waals surface area contributed by atoms with Crippen LogP contribution in [0.3, 0.4) is 0 Å². The van der Waals surface area contributed by atoms with Crippen molar-refractivity contribution >= 4 is 0 Å². The van der Waals surface area contributed by atoms with Gasteiger partial charge in [-0.1, -0.05) is 0 Å². The molecule has 0 amide bonds. The summed E-state index contributed by atoms with van der Waals surface area (Å²) in [5, 5.41) is 11.7. The molecule has 0 unspecified atom stereocenters. The molecule has 2 aromatic rings. The highest BCUT2D eigenvalue weighted by Crippen LogP contribution is 2.22. The van der Waals surface area contributed by atoms with E-state index in [1.54, 1.807) is 0 Å². The topological polar surface area (TPSA) is 56.3 Å². The van der Waals surface area contributed by atoms with Crippen molar-refractivity contribution in [2.75, 3.05) is 6.61 Å². The SMILES string of the molecule is CCOc1ccc(Oc2ccc(CNC3CC3)nn2)cc1. The van der Waals surface area contributed by atoms with E-state index in [1.165, 1.54) is 12.8 Å². The van der Waals surface area contributed by atoms with Gasteiger partial charge in [0.05, 0.1) is 12.3 Å². The van der Waals surface area contributed by atoms with Crippen LogP contribution in [0.5, 0.6) is 17.4 Å². The molecule has 0 aliphatic heterocycles. The van der Waals surface area contributed by atoms with Crippen molar-refractivity contribution in [1.29, 1.82) is 0 Å². The van der Waals surface area contributed by atoms with Gasteiger partial charge in [-0.2, -0.15) is 5.10 Å². The summed E-state index contributed by atoms with van der Waals surface area (Å²) in [6.45, 7) is 3.38. The van der Waals surface area contributed by atoms with Gasteiger partial charge in [-0.3, -0.25) is 0 Å². The van der Waals surface area contributed by atoms with Gasteiger partial charge in [0, 0.05) is 18.7 Å². The molecule has 1 aromatic heterocycles. The van der Waals surface area contributed by atoms with Crippen LogP contribution in [-0.2, 0) is 6.54 Å². The quantitative estimate of drug-likeness (QED) is 0.847. The van der Waals surface area contributed by atoms with E-state index >= 15 is 0 Å². The molecule has 21 heavy (non-hydrogen) atoms. The molecule has 1 aliphatic carbocycles. The number of rotatable bonds is 7. The molecule has 5 nitrogen and oxygen atoms in total. The van der Waals surface area contributed by atoms with Crippen molar-refractivity contribution in [3.63, 3.8) is 0 Å². The van der Waals surface area contributed by atoms with Gasteiger partial charge in [-0.15, -0.1) is 5.10 Å². The number of ether oxygens (including phenoxy) is 2. The summed E-state index contributed by atoms with van der Waals surface area (Å²) in [6, 6.07) is 11.9. The molecular weight excluding hydrogens is 266 g/mol. The fraction of sp³-hybridized carbons (Fsp3) is 0.375. The summed E-state index contributed by atoms with van der Waals surface area (Å²) in [7, 11) is 0. The number of aromatic nitrogens is 2.